The summed E-state index contributed by atoms with van der Waals surface area (Å²) in [7, 11) is 1.62. The van der Waals surface area contributed by atoms with Gasteiger partial charge in [-0.2, -0.15) is 0 Å². The van der Waals surface area contributed by atoms with E-state index in [2.05, 4.69) is 11.4 Å². The Hall–Kier alpha value is -2.58. The topological polar surface area (TPSA) is 68.3 Å². The van der Waals surface area contributed by atoms with Crippen LogP contribution in [0.15, 0.2) is 35.7 Å². The van der Waals surface area contributed by atoms with Crippen molar-refractivity contribution in [3.8, 4) is 11.5 Å². The first-order valence-electron chi connectivity index (χ1n) is 12.0. The van der Waals surface area contributed by atoms with Gasteiger partial charge in [-0.1, -0.05) is 19.9 Å². The third kappa shape index (κ3) is 5.73. The lowest BCUT2D eigenvalue weighted by atomic mass is 10.00. The van der Waals surface area contributed by atoms with Crippen molar-refractivity contribution in [2.24, 2.45) is 5.92 Å². The Morgan fingerprint density at radius 1 is 1.26 bits per heavy atom. The zero-order chi connectivity index (χ0) is 24.1. The standard InChI is InChI=1S/C26H34N2O5S/c1-18(2)26(30)27(15-21-8-5-12-32-21)16-25(29)28-11-9-24-22(10-13-34-24)23(28)17-33-20-7-4-6-19(14-20)31-3/h4,6-7,10,13-14,18,21,23H,5,8-9,11-12,15-17H2,1-3H3/t21-,23+/m1/s1. The smallest absolute Gasteiger partial charge is 0.242 e. The minimum Gasteiger partial charge on any atom is -0.497 e. The molecule has 0 aliphatic carbocycles. The highest BCUT2D eigenvalue weighted by Crippen LogP contribution is 2.34. The number of benzene rings is 1. The molecular weight excluding hydrogens is 452 g/mol. The molecule has 2 aliphatic rings. The molecule has 2 atom stereocenters. The van der Waals surface area contributed by atoms with Gasteiger partial charge in [0.05, 0.1) is 25.8 Å². The highest BCUT2D eigenvalue weighted by atomic mass is 32.1. The average molecular weight is 487 g/mol. The van der Waals surface area contributed by atoms with Crippen LogP contribution in [0.5, 0.6) is 11.5 Å². The van der Waals surface area contributed by atoms with Crippen molar-refractivity contribution >= 4 is 23.2 Å². The van der Waals surface area contributed by atoms with Crippen molar-refractivity contribution < 1.29 is 23.8 Å². The lowest BCUT2D eigenvalue weighted by Crippen LogP contribution is -2.50. The van der Waals surface area contributed by atoms with Crippen LogP contribution < -0.4 is 9.47 Å². The summed E-state index contributed by atoms with van der Waals surface area (Å²) in [6.07, 6.45) is 2.75. The van der Waals surface area contributed by atoms with Gasteiger partial charge in [0.2, 0.25) is 11.8 Å². The summed E-state index contributed by atoms with van der Waals surface area (Å²) in [6.45, 7) is 5.95. The van der Waals surface area contributed by atoms with Crippen LogP contribution >= 0.6 is 11.3 Å². The second-order valence-corrected chi connectivity index (χ2v) is 10.2. The van der Waals surface area contributed by atoms with Crippen molar-refractivity contribution in [1.82, 2.24) is 9.80 Å². The number of hydrogen-bond acceptors (Lipinski definition) is 6. The van der Waals surface area contributed by atoms with Crippen LogP contribution in [0.4, 0.5) is 0 Å². The van der Waals surface area contributed by atoms with Crippen LogP contribution in [0.1, 0.15) is 43.2 Å². The zero-order valence-corrected chi connectivity index (χ0v) is 21.0. The highest BCUT2D eigenvalue weighted by Gasteiger charge is 2.34. The number of amides is 2. The summed E-state index contributed by atoms with van der Waals surface area (Å²) in [4.78, 5) is 31.4. The third-order valence-corrected chi connectivity index (χ3v) is 7.44. The molecule has 3 heterocycles. The lowest BCUT2D eigenvalue weighted by Gasteiger charge is -2.37. The molecule has 34 heavy (non-hydrogen) atoms. The van der Waals surface area contributed by atoms with Gasteiger partial charge >= 0.3 is 0 Å². The quantitative estimate of drug-likeness (QED) is 0.537. The maximum Gasteiger partial charge on any atom is 0.242 e. The third-order valence-electron chi connectivity index (χ3n) is 6.44. The fraction of sp³-hybridized carbons (Fsp3) is 0.538. The van der Waals surface area contributed by atoms with Crippen LogP contribution in [-0.2, 0) is 20.7 Å². The average Bonchev–Trinajstić information content (AvgIpc) is 3.53. The number of fused-ring (bicyclic) bond motifs is 1. The van der Waals surface area contributed by atoms with Crippen LogP contribution in [0, 0.1) is 5.92 Å². The molecule has 1 fully saturated rings. The Morgan fingerprint density at radius 2 is 2.09 bits per heavy atom. The number of methoxy groups -OCH3 is 1. The van der Waals surface area contributed by atoms with E-state index in [9.17, 15) is 9.59 Å². The molecule has 1 saturated heterocycles. The largest absolute Gasteiger partial charge is 0.497 e. The Kier molecular flexibility index (Phi) is 8.11. The second-order valence-electron chi connectivity index (χ2n) is 9.15. The van der Waals surface area contributed by atoms with Crippen LogP contribution in [0.3, 0.4) is 0 Å². The van der Waals surface area contributed by atoms with Gasteiger partial charge in [0.15, 0.2) is 0 Å². The number of thiophene rings is 1. The fourth-order valence-electron chi connectivity index (χ4n) is 4.63. The van der Waals surface area contributed by atoms with Crippen molar-refractivity contribution in [3.63, 3.8) is 0 Å². The first-order chi connectivity index (χ1) is 16.5. The van der Waals surface area contributed by atoms with E-state index < -0.39 is 0 Å². The van der Waals surface area contributed by atoms with Crippen molar-refractivity contribution in [2.75, 3.05) is 40.0 Å². The van der Waals surface area contributed by atoms with E-state index in [4.69, 9.17) is 14.2 Å². The Labute approximate surface area is 205 Å². The van der Waals surface area contributed by atoms with E-state index in [-0.39, 0.29) is 36.4 Å². The highest BCUT2D eigenvalue weighted by molar-refractivity contribution is 7.10. The van der Waals surface area contributed by atoms with Gasteiger partial charge in [0, 0.05) is 36.6 Å². The minimum absolute atomic E-state index is 0.00697. The summed E-state index contributed by atoms with van der Waals surface area (Å²) in [5.74, 6) is 1.18. The first-order valence-corrected chi connectivity index (χ1v) is 12.9. The van der Waals surface area contributed by atoms with Crippen LogP contribution in [0.25, 0.3) is 0 Å². The molecule has 2 aliphatic heterocycles. The van der Waals surface area contributed by atoms with Gasteiger partial charge < -0.3 is 24.0 Å². The SMILES string of the molecule is COc1cccc(OC[C@H]2c3ccsc3CCN2C(=O)CN(C[C@H]2CCCO2)C(=O)C(C)C)c1. The molecule has 4 rings (SSSR count). The zero-order valence-electron chi connectivity index (χ0n) is 20.2. The predicted molar refractivity (Wildman–Crippen MR) is 131 cm³/mol. The minimum atomic E-state index is -0.201. The summed E-state index contributed by atoms with van der Waals surface area (Å²) in [5.41, 5.74) is 1.13. The monoisotopic (exact) mass is 486 g/mol. The Bertz CT molecular complexity index is 985. The van der Waals surface area contributed by atoms with Gasteiger partial charge in [0.25, 0.3) is 0 Å². The molecule has 0 bridgehead atoms. The van der Waals surface area contributed by atoms with Crippen LogP contribution in [-0.4, -0.2) is 67.7 Å². The number of carbonyl (C=O) groups is 2. The van der Waals surface area contributed by atoms with Gasteiger partial charge in [-0.3, -0.25) is 9.59 Å². The number of ether oxygens (including phenoxy) is 3. The Balaban J connectivity index is 1.49. The molecule has 0 N–H and O–H groups in total. The molecule has 1 aromatic heterocycles. The van der Waals surface area contributed by atoms with E-state index in [1.54, 1.807) is 23.3 Å². The molecule has 7 nitrogen and oxygen atoms in total. The van der Waals surface area contributed by atoms with Crippen molar-refractivity contribution in [1.29, 1.82) is 0 Å². The fourth-order valence-corrected chi connectivity index (χ4v) is 5.55. The van der Waals surface area contributed by atoms with E-state index in [0.717, 1.165) is 37.2 Å². The number of carbonyl (C=O) groups excluding carboxylic acids is 2. The molecule has 2 amide bonds. The molecule has 2 aromatic rings. The van der Waals surface area contributed by atoms with Crippen molar-refractivity contribution in [2.45, 2.75) is 45.3 Å². The van der Waals surface area contributed by atoms with E-state index in [0.29, 0.717) is 25.4 Å². The van der Waals surface area contributed by atoms with E-state index in [1.807, 2.05) is 43.0 Å². The predicted octanol–water partition coefficient (Wildman–Crippen LogP) is 3.93. The first kappa shape index (κ1) is 24.5. The normalized spacial score (nSPS) is 19.7. The van der Waals surface area contributed by atoms with Gasteiger partial charge in [-0.05, 0) is 48.4 Å². The van der Waals surface area contributed by atoms with Gasteiger partial charge in [-0.25, -0.2) is 0 Å². The molecule has 8 heteroatoms. The molecule has 0 radical (unpaired) electrons. The number of rotatable bonds is 9. The number of nitrogens with zero attached hydrogens (tertiary/aromatic N) is 2. The molecule has 0 saturated carbocycles. The van der Waals surface area contributed by atoms with Crippen molar-refractivity contribution in [3.05, 3.63) is 46.2 Å². The lowest BCUT2D eigenvalue weighted by molar-refractivity contribution is -0.145. The van der Waals surface area contributed by atoms with E-state index in [1.165, 1.54) is 4.88 Å². The van der Waals surface area contributed by atoms with Gasteiger partial charge in [-0.15, -0.1) is 11.3 Å². The summed E-state index contributed by atoms with van der Waals surface area (Å²) < 4.78 is 17.2. The maximum atomic E-state index is 13.6. The maximum absolute atomic E-state index is 13.6. The second kappa shape index (κ2) is 11.2. The molecular formula is C26H34N2O5S. The Morgan fingerprint density at radius 3 is 2.82 bits per heavy atom. The van der Waals surface area contributed by atoms with E-state index >= 15 is 0 Å². The number of hydrogen-bond donors (Lipinski definition) is 0. The summed E-state index contributed by atoms with van der Waals surface area (Å²) in [6, 6.07) is 9.36. The summed E-state index contributed by atoms with van der Waals surface area (Å²) in [5, 5.41) is 2.07. The summed E-state index contributed by atoms with van der Waals surface area (Å²) >= 11 is 1.72. The molecule has 0 spiro atoms. The van der Waals surface area contributed by atoms with Crippen LogP contribution in [0.2, 0.25) is 0 Å². The molecule has 1 aromatic carbocycles. The van der Waals surface area contributed by atoms with Gasteiger partial charge in [0.1, 0.15) is 18.1 Å². The molecule has 184 valence electrons. The molecule has 0 unspecified atom stereocenters.